The highest BCUT2D eigenvalue weighted by Gasteiger charge is 2.34. The van der Waals surface area contributed by atoms with Crippen LogP contribution in [0.4, 0.5) is 0 Å². The van der Waals surface area contributed by atoms with Gasteiger partial charge in [-0.05, 0) is 46.8 Å². The lowest BCUT2D eigenvalue weighted by atomic mass is 10.0. The number of rotatable bonds is 5. The average molecular weight is 301 g/mol. The Balaban J connectivity index is 2.42. The van der Waals surface area contributed by atoms with E-state index in [-0.39, 0.29) is 6.04 Å². The largest absolute Gasteiger partial charge is 0.495 e. The Labute approximate surface area is 110 Å². The lowest BCUT2D eigenvalue weighted by molar-refractivity contribution is 0.375. The summed E-state index contributed by atoms with van der Waals surface area (Å²) >= 11 is 3.50. The number of hydrogen-bond donors (Lipinski definition) is 2. The van der Waals surface area contributed by atoms with E-state index in [4.69, 9.17) is 15.3 Å². The van der Waals surface area contributed by atoms with Crippen molar-refractivity contribution < 1.29 is 9.47 Å². The van der Waals surface area contributed by atoms with Crippen molar-refractivity contribution in [3.05, 3.63) is 22.2 Å². The molecule has 1 saturated carbocycles. The molecule has 0 heterocycles. The number of nitrogens with two attached hydrogens (primary N) is 1. The van der Waals surface area contributed by atoms with Crippen molar-refractivity contribution in [1.82, 2.24) is 5.43 Å². The SMILES string of the molecule is COc1ccc(C(NN)C2CC2)c(OC)c1Br. The third-order valence-electron chi connectivity index (χ3n) is 3.12. The van der Waals surface area contributed by atoms with Crippen molar-refractivity contribution in [2.45, 2.75) is 18.9 Å². The maximum absolute atomic E-state index is 5.64. The molecule has 0 aliphatic heterocycles. The minimum absolute atomic E-state index is 0.146. The van der Waals surface area contributed by atoms with Gasteiger partial charge in [0.25, 0.3) is 0 Å². The highest BCUT2D eigenvalue weighted by atomic mass is 79.9. The molecule has 1 atom stereocenters. The maximum Gasteiger partial charge on any atom is 0.141 e. The predicted molar refractivity (Wildman–Crippen MR) is 70.0 cm³/mol. The minimum atomic E-state index is 0.146. The van der Waals surface area contributed by atoms with Crippen LogP contribution < -0.4 is 20.7 Å². The van der Waals surface area contributed by atoms with Crippen LogP contribution in [-0.2, 0) is 0 Å². The second-order valence-corrected chi connectivity index (χ2v) is 4.98. The van der Waals surface area contributed by atoms with Crippen LogP contribution in [0.15, 0.2) is 16.6 Å². The first-order chi connectivity index (χ1) is 8.22. The van der Waals surface area contributed by atoms with Crippen LogP contribution in [0.25, 0.3) is 0 Å². The summed E-state index contributed by atoms with van der Waals surface area (Å²) < 4.78 is 11.5. The van der Waals surface area contributed by atoms with Crippen LogP contribution in [0, 0.1) is 5.92 Å². The van der Waals surface area contributed by atoms with Gasteiger partial charge in [0.1, 0.15) is 16.0 Å². The quantitative estimate of drug-likeness (QED) is 0.647. The smallest absolute Gasteiger partial charge is 0.141 e. The van der Waals surface area contributed by atoms with Gasteiger partial charge < -0.3 is 9.47 Å². The van der Waals surface area contributed by atoms with Gasteiger partial charge in [0.05, 0.1) is 20.3 Å². The molecule has 0 aromatic heterocycles. The van der Waals surface area contributed by atoms with Crippen LogP contribution in [0.2, 0.25) is 0 Å². The van der Waals surface area contributed by atoms with E-state index >= 15 is 0 Å². The van der Waals surface area contributed by atoms with E-state index in [2.05, 4.69) is 21.4 Å². The van der Waals surface area contributed by atoms with Gasteiger partial charge in [0.15, 0.2) is 0 Å². The van der Waals surface area contributed by atoms with Gasteiger partial charge in [-0.15, -0.1) is 0 Å². The summed E-state index contributed by atoms with van der Waals surface area (Å²) in [5.74, 6) is 7.80. The van der Waals surface area contributed by atoms with E-state index in [1.165, 1.54) is 12.8 Å². The molecule has 0 radical (unpaired) electrons. The number of methoxy groups -OCH3 is 2. The van der Waals surface area contributed by atoms with Crippen LogP contribution >= 0.6 is 15.9 Å². The Morgan fingerprint density at radius 2 is 2.06 bits per heavy atom. The van der Waals surface area contributed by atoms with Gasteiger partial charge in [-0.2, -0.15) is 0 Å². The molecular formula is C12H17BrN2O2. The molecule has 0 amide bonds. The molecule has 1 aliphatic carbocycles. The van der Waals surface area contributed by atoms with Crippen molar-refractivity contribution in [1.29, 1.82) is 0 Å². The second kappa shape index (κ2) is 5.25. The fourth-order valence-corrected chi connectivity index (χ4v) is 2.76. The van der Waals surface area contributed by atoms with E-state index in [1.807, 2.05) is 12.1 Å². The number of hydrogen-bond acceptors (Lipinski definition) is 4. The number of hydrazine groups is 1. The molecular weight excluding hydrogens is 284 g/mol. The molecule has 5 heteroatoms. The molecule has 1 aromatic carbocycles. The predicted octanol–water partition coefficient (Wildman–Crippen LogP) is 2.38. The zero-order valence-electron chi connectivity index (χ0n) is 10.00. The van der Waals surface area contributed by atoms with Gasteiger partial charge in [-0.1, -0.05) is 0 Å². The molecule has 94 valence electrons. The Kier molecular flexibility index (Phi) is 3.91. The Morgan fingerprint density at radius 3 is 2.53 bits per heavy atom. The average Bonchev–Trinajstić information content (AvgIpc) is 3.15. The monoisotopic (exact) mass is 300 g/mol. The summed E-state index contributed by atoms with van der Waals surface area (Å²) in [4.78, 5) is 0. The molecule has 17 heavy (non-hydrogen) atoms. The van der Waals surface area contributed by atoms with E-state index in [0.717, 1.165) is 21.5 Å². The van der Waals surface area contributed by atoms with Gasteiger partial charge in [0, 0.05) is 5.56 Å². The third-order valence-corrected chi connectivity index (χ3v) is 3.88. The Bertz CT molecular complexity index is 408. The first-order valence-electron chi connectivity index (χ1n) is 5.59. The summed E-state index contributed by atoms with van der Waals surface area (Å²) in [6.45, 7) is 0. The van der Waals surface area contributed by atoms with Crippen LogP contribution in [-0.4, -0.2) is 14.2 Å². The molecule has 0 saturated heterocycles. The third kappa shape index (κ3) is 2.41. The number of halogens is 1. The Morgan fingerprint density at radius 1 is 1.35 bits per heavy atom. The molecule has 1 aliphatic rings. The highest BCUT2D eigenvalue weighted by Crippen LogP contribution is 2.46. The Hall–Kier alpha value is -0.780. The normalized spacial score (nSPS) is 16.7. The fraction of sp³-hybridized carbons (Fsp3) is 0.500. The zero-order valence-corrected chi connectivity index (χ0v) is 11.6. The van der Waals surface area contributed by atoms with E-state index < -0.39 is 0 Å². The van der Waals surface area contributed by atoms with E-state index in [9.17, 15) is 0 Å². The van der Waals surface area contributed by atoms with Crippen molar-refractivity contribution in [2.75, 3.05) is 14.2 Å². The molecule has 1 aromatic rings. The summed E-state index contributed by atoms with van der Waals surface area (Å²) in [5.41, 5.74) is 3.95. The van der Waals surface area contributed by atoms with Crippen molar-refractivity contribution >= 4 is 15.9 Å². The first-order valence-corrected chi connectivity index (χ1v) is 6.38. The standard InChI is InChI=1S/C12H17BrN2O2/c1-16-9-6-5-8(12(17-2)10(9)13)11(15-14)7-3-4-7/h5-7,11,15H,3-4,14H2,1-2H3. The highest BCUT2D eigenvalue weighted by molar-refractivity contribution is 9.10. The van der Waals surface area contributed by atoms with Gasteiger partial charge in [-0.25, -0.2) is 0 Å². The second-order valence-electron chi connectivity index (χ2n) is 4.19. The first kappa shape index (κ1) is 12.7. The van der Waals surface area contributed by atoms with Crippen LogP contribution in [0.5, 0.6) is 11.5 Å². The van der Waals surface area contributed by atoms with Crippen LogP contribution in [0.1, 0.15) is 24.4 Å². The lowest BCUT2D eigenvalue weighted by Crippen LogP contribution is -2.29. The maximum atomic E-state index is 5.64. The molecule has 4 nitrogen and oxygen atoms in total. The van der Waals surface area contributed by atoms with Crippen molar-refractivity contribution in [2.24, 2.45) is 11.8 Å². The molecule has 0 bridgehead atoms. The van der Waals surface area contributed by atoms with Gasteiger partial charge in [-0.3, -0.25) is 11.3 Å². The summed E-state index contributed by atoms with van der Waals surface area (Å²) in [6.07, 6.45) is 2.42. The minimum Gasteiger partial charge on any atom is -0.495 e. The van der Waals surface area contributed by atoms with E-state index in [1.54, 1.807) is 14.2 Å². The molecule has 3 N–H and O–H groups in total. The van der Waals surface area contributed by atoms with Crippen molar-refractivity contribution in [3.63, 3.8) is 0 Å². The molecule has 0 spiro atoms. The molecule has 2 rings (SSSR count). The van der Waals surface area contributed by atoms with Crippen molar-refractivity contribution in [3.8, 4) is 11.5 Å². The number of nitrogens with one attached hydrogen (secondary N) is 1. The topological polar surface area (TPSA) is 56.5 Å². The summed E-state index contributed by atoms with van der Waals surface area (Å²) in [7, 11) is 3.29. The summed E-state index contributed by atoms with van der Waals surface area (Å²) in [5, 5.41) is 0. The van der Waals surface area contributed by atoms with E-state index in [0.29, 0.717) is 5.92 Å². The number of benzene rings is 1. The van der Waals surface area contributed by atoms with Gasteiger partial charge >= 0.3 is 0 Å². The fourth-order valence-electron chi connectivity index (χ4n) is 2.07. The summed E-state index contributed by atoms with van der Waals surface area (Å²) in [6, 6.07) is 4.08. The zero-order chi connectivity index (χ0) is 12.4. The number of ether oxygens (including phenoxy) is 2. The van der Waals surface area contributed by atoms with Crippen LogP contribution in [0.3, 0.4) is 0 Å². The molecule has 1 unspecified atom stereocenters. The lowest BCUT2D eigenvalue weighted by Gasteiger charge is -2.20. The van der Waals surface area contributed by atoms with Gasteiger partial charge in [0.2, 0.25) is 0 Å². The molecule has 1 fully saturated rings.